The highest BCUT2D eigenvalue weighted by Gasteiger charge is 2.03. The van der Waals surface area contributed by atoms with Crippen molar-refractivity contribution in [1.82, 2.24) is 9.97 Å². The molecular weight excluding hydrogens is 212 g/mol. The van der Waals surface area contributed by atoms with Crippen molar-refractivity contribution in [3.63, 3.8) is 0 Å². The van der Waals surface area contributed by atoms with Gasteiger partial charge in [-0.25, -0.2) is 9.97 Å². The maximum Gasteiger partial charge on any atom is 0.131 e. The molecular formula is C13H12N4. The number of aromatic nitrogens is 2. The maximum atomic E-state index is 8.83. The molecule has 0 radical (unpaired) electrons. The van der Waals surface area contributed by atoms with Crippen molar-refractivity contribution in [2.75, 3.05) is 11.9 Å². The predicted molar refractivity (Wildman–Crippen MR) is 65.3 cm³/mol. The lowest BCUT2D eigenvalue weighted by Crippen LogP contribution is -2.17. The minimum atomic E-state index is 0.679. The van der Waals surface area contributed by atoms with Crippen molar-refractivity contribution in [3.05, 3.63) is 54.0 Å². The van der Waals surface area contributed by atoms with E-state index in [0.29, 0.717) is 12.1 Å². The van der Waals surface area contributed by atoms with E-state index in [0.717, 1.165) is 11.4 Å². The topological polar surface area (TPSA) is 52.8 Å². The van der Waals surface area contributed by atoms with E-state index in [1.165, 1.54) is 6.33 Å². The third-order valence-corrected chi connectivity index (χ3v) is 2.43. The lowest BCUT2D eigenvalue weighted by molar-refractivity contribution is 0.890. The number of hydrogen-bond acceptors (Lipinski definition) is 4. The molecule has 2 rings (SSSR count). The molecule has 84 valence electrons. The van der Waals surface area contributed by atoms with E-state index in [9.17, 15) is 0 Å². The molecule has 4 nitrogen and oxygen atoms in total. The Kier molecular flexibility index (Phi) is 3.31. The second-order valence-electron chi connectivity index (χ2n) is 3.74. The van der Waals surface area contributed by atoms with Gasteiger partial charge in [0.25, 0.3) is 0 Å². The molecule has 0 aliphatic rings. The van der Waals surface area contributed by atoms with Crippen molar-refractivity contribution in [1.29, 1.82) is 5.26 Å². The first-order valence-electron chi connectivity index (χ1n) is 5.26. The average Bonchev–Trinajstić information content (AvgIpc) is 2.40. The van der Waals surface area contributed by atoms with Crippen molar-refractivity contribution in [3.8, 4) is 6.07 Å². The van der Waals surface area contributed by atoms with Gasteiger partial charge in [-0.2, -0.15) is 5.26 Å². The molecule has 4 heteroatoms. The fourth-order valence-electron chi connectivity index (χ4n) is 1.60. The third-order valence-electron chi connectivity index (χ3n) is 2.43. The van der Waals surface area contributed by atoms with Crippen LogP contribution >= 0.6 is 0 Å². The lowest BCUT2D eigenvalue weighted by atomic mass is 10.1. The summed E-state index contributed by atoms with van der Waals surface area (Å²) in [5.74, 6) is 0.863. The Bertz CT molecular complexity index is 531. The van der Waals surface area contributed by atoms with Crippen LogP contribution < -0.4 is 4.90 Å². The highest BCUT2D eigenvalue weighted by Crippen LogP contribution is 2.12. The van der Waals surface area contributed by atoms with E-state index in [1.54, 1.807) is 12.3 Å². The van der Waals surface area contributed by atoms with Gasteiger partial charge < -0.3 is 4.90 Å². The molecule has 1 heterocycles. The number of hydrogen-bond donors (Lipinski definition) is 0. The molecule has 2 aromatic rings. The van der Waals surface area contributed by atoms with E-state index >= 15 is 0 Å². The number of rotatable bonds is 3. The number of nitrogens with zero attached hydrogens (tertiary/aromatic N) is 4. The van der Waals surface area contributed by atoms with Gasteiger partial charge in [0.1, 0.15) is 12.1 Å². The van der Waals surface area contributed by atoms with Gasteiger partial charge in [0.2, 0.25) is 0 Å². The van der Waals surface area contributed by atoms with E-state index in [-0.39, 0.29) is 0 Å². The Morgan fingerprint density at radius 1 is 1.35 bits per heavy atom. The average molecular weight is 224 g/mol. The summed E-state index contributed by atoms with van der Waals surface area (Å²) in [5.41, 5.74) is 1.77. The molecule has 0 atom stereocenters. The molecule has 0 amide bonds. The van der Waals surface area contributed by atoms with Crippen molar-refractivity contribution < 1.29 is 0 Å². The van der Waals surface area contributed by atoms with Crippen molar-refractivity contribution in [2.45, 2.75) is 6.54 Å². The first-order valence-corrected chi connectivity index (χ1v) is 5.26. The summed E-state index contributed by atoms with van der Waals surface area (Å²) >= 11 is 0. The number of nitriles is 1. The standard InChI is InChI=1S/C13H12N4/c1-17(13-5-6-15-10-16-13)9-12-4-2-3-11(7-12)8-14/h2-7,10H,9H2,1H3. The smallest absolute Gasteiger partial charge is 0.131 e. The Morgan fingerprint density at radius 3 is 2.94 bits per heavy atom. The van der Waals surface area contributed by atoms with Crippen LogP contribution in [0.25, 0.3) is 0 Å². The largest absolute Gasteiger partial charge is 0.355 e. The minimum Gasteiger partial charge on any atom is -0.355 e. The van der Waals surface area contributed by atoms with E-state index < -0.39 is 0 Å². The molecule has 0 N–H and O–H groups in total. The molecule has 0 saturated heterocycles. The molecule has 1 aromatic heterocycles. The second kappa shape index (κ2) is 5.08. The Hall–Kier alpha value is -2.41. The molecule has 0 aliphatic carbocycles. The zero-order valence-electron chi connectivity index (χ0n) is 9.54. The summed E-state index contributed by atoms with van der Waals surface area (Å²) in [6.45, 7) is 0.715. The van der Waals surface area contributed by atoms with Crippen LogP contribution in [0.15, 0.2) is 42.9 Å². The zero-order chi connectivity index (χ0) is 12.1. The summed E-state index contributed by atoms with van der Waals surface area (Å²) in [6.07, 6.45) is 3.24. The molecule has 0 unspecified atom stereocenters. The zero-order valence-corrected chi connectivity index (χ0v) is 9.54. The highest BCUT2D eigenvalue weighted by atomic mass is 15.2. The molecule has 0 bridgehead atoms. The van der Waals surface area contributed by atoms with E-state index in [4.69, 9.17) is 5.26 Å². The molecule has 17 heavy (non-hydrogen) atoms. The highest BCUT2D eigenvalue weighted by molar-refractivity contribution is 5.39. The van der Waals surface area contributed by atoms with Gasteiger partial charge >= 0.3 is 0 Å². The monoisotopic (exact) mass is 224 g/mol. The van der Waals surface area contributed by atoms with Crippen LogP contribution in [0.3, 0.4) is 0 Å². The molecule has 0 fully saturated rings. The van der Waals surface area contributed by atoms with Crippen LogP contribution in [0.2, 0.25) is 0 Å². The van der Waals surface area contributed by atoms with Crippen LogP contribution in [0.1, 0.15) is 11.1 Å². The van der Waals surface area contributed by atoms with Crippen LogP contribution in [-0.4, -0.2) is 17.0 Å². The SMILES string of the molecule is CN(Cc1cccc(C#N)c1)c1ccncn1. The van der Waals surface area contributed by atoms with Gasteiger partial charge in [0, 0.05) is 19.8 Å². The van der Waals surface area contributed by atoms with Crippen LogP contribution in [0.5, 0.6) is 0 Å². The summed E-state index contributed by atoms with van der Waals surface area (Å²) in [5, 5.41) is 8.83. The van der Waals surface area contributed by atoms with Gasteiger partial charge in [-0.15, -0.1) is 0 Å². The van der Waals surface area contributed by atoms with Gasteiger partial charge in [-0.3, -0.25) is 0 Å². The Morgan fingerprint density at radius 2 is 2.24 bits per heavy atom. The number of anilines is 1. The first kappa shape index (κ1) is 11.1. The molecule has 0 saturated carbocycles. The summed E-state index contributed by atoms with van der Waals surface area (Å²) in [4.78, 5) is 10.1. The molecule has 1 aromatic carbocycles. The van der Waals surface area contributed by atoms with E-state index in [2.05, 4.69) is 16.0 Å². The number of benzene rings is 1. The van der Waals surface area contributed by atoms with E-state index in [1.807, 2.05) is 36.2 Å². The first-order chi connectivity index (χ1) is 8.29. The third kappa shape index (κ3) is 2.79. The van der Waals surface area contributed by atoms with Gasteiger partial charge in [0.15, 0.2) is 0 Å². The second-order valence-corrected chi connectivity index (χ2v) is 3.74. The normalized spacial score (nSPS) is 9.65. The summed E-state index contributed by atoms with van der Waals surface area (Å²) < 4.78 is 0. The predicted octanol–water partition coefficient (Wildman–Crippen LogP) is 1.98. The lowest BCUT2D eigenvalue weighted by Gasteiger charge is -2.17. The van der Waals surface area contributed by atoms with Gasteiger partial charge in [0.05, 0.1) is 11.6 Å². The Labute approximate surface area is 100 Å². The van der Waals surface area contributed by atoms with Crippen LogP contribution in [0.4, 0.5) is 5.82 Å². The van der Waals surface area contributed by atoms with Gasteiger partial charge in [-0.05, 0) is 23.8 Å². The van der Waals surface area contributed by atoms with Gasteiger partial charge in [-0.1, -0.05) is 12.1 Å². The fourth-order valence-corrected chi connectivity index (χ4v) is 1.60. The molecule has 0 spiro atoms. The Balaban J connectivity index is 2.13. The van der Waals surface area contributed by atoms with Crippen LogP contribution in [-0.2, 0) is 6.54 Å². The quantitative estimate of drug-likeness (QED) is 0.800. The van der Waals surface area contributed by atoms with Crippen molar-refractivity contribution >= 4 is 5.82 Å². The van der Waals surface area contributed by atoms with Crippen molar-refractivity contribution in [2.24, 2.45) is 0 Å². The maximum absolute atomic E-state index is 8.83. The summed E-state index contributed by atoms with van der Waals surface area (Å²) in [7, 11) is 1.96. The minimum absolute atomic E-state index is 0.679. The van der Waals surface area contributed by atoms with Crippen LogP contribution in [0, 0.1) is 11.3 Å². The summed E-state index contributed by atoms with van der Waals surface area (Å²) in [6, 6.07) is 11.6. The molecule has 0 aliphatic heterocycles. The fraction of sp³-hybridized carbons (Fsp3) is 0.154.